The average Bonchev–Trinajstić information content (AvgIpc) is 3.36. The van der Waals surface area contributed by atoms with Gasteiger partial charge in [0.25, 0.3) is 5.91 Å². The Labute approximate surface area is 180 Å². The minimum atomic E-state index is -0.0499. The van der Waals surface area contributed by atoms with Crippen LogP contribution in [0.25, 0.3) is 0 Å². The van der Waals surface area contributed by atoms with Crippen LogP contribution in [0.1, 0.15) is 35.1 Å². The van der Waals surface area contributed by atoms with Crippen molar-refractivity contribution in [3.8, 4) is 0 Å². The zero-order valence-electron chi connectivity index (χ0n) is 15.7. The monoisotopic (exact) mass is 503 g/mol. The second-order valence-electron chi connectivity index (χ2n) is 6.01. The van der Waals surface area contributed by atoms with E-state index in [-0.39, 0.29) is 29.9 Å². The lowest BCUT2D eigenvalue weighted by molar-refractivity contribution is 0.0657. The zero-order chi connectivity index (χ0) is 18.4. The minimum Gasteiger partial charge on any atom is -0.459 e. The number of nitrogens with one attached hydrogen (secondary N) is 1. The SMILES string of the molecule is CCNC(=NCc1csc(CC)n1)N1CCN(C(=O)c2ccco2)CC1.I. The van der Waals surface area contributed by atoms with E-state index in [1.165, 1.54) is 6.26 Å². The number of hydrogen-bond acceptors (Lipinski definition) is 5. The van der Waals surface area contributed by atoms with Gasteiger partial charge in [0.1, 0.15) is 0 Å². The molecule has 0 unspecified atom stereocenters. The molecule has 0 bridgehead atoms. The van der Waals surface area contributed by atoms with E-state index in [4.69, 9.17) is 9.41 Å². The number of aryl methyl sites for hydroxylation is 1. The summed E-state index contributed by atoms with van der Waals surface area (Å²) in [6, 6.07) is 3.44. The third kappa shape index (κ3) is 5.68. The molecule has 148 valence electrons. The molecule has 1 N–H and O–H groups in total. The number of carbonyl (C=O) groups is 1. The van der Waals surface area contributed by atoms with Crippen molar-refractivity contribution >= 4 is 47.2 Å². The molecule has 1 aliphatic rings. The Morgan fingerprint density at radius 3 is 2.63 bits per heavy atom. The molecule has 27 heavy (non-hydrogen) atoms. The maximum atomic E-state index is 12.4. The number of rotatable bonds is 5. The van der Waals surface area contributed by atoms with E-state index < -0.39 is 0 Å². The summed E-state index contributed by atoms with van der Waals surface area (Å²) in [6.07, 6.45) is 2.49. The summed E-state index contributed by atoms with van der Waals surface area (Å²) in [7, 11) is 0. The largest absolute Gasteiger partial charge is 0.459 e. The zero-order valence-corrected chi connectivity index (χ0v) is 18.8. The average molecular weight is 503 g/mol. The fraction of sp³-hybridized carbons (Fsp3) is 0.500. The van der Waals surface area contributed by atoms with Gasteiger partial charge in [-0.05, 0) is 25.5 Å². The second kappa shape index (κ2) is 10.6. The Kier molecular flexibility index (Phi) is 8.55. The Bertz CT molecular complexity index is 739. The highest BCUT2D eigenvalue weighted by Gasteiger charge is 2.25. The summed E-state index contributed by atoms with van der Waals surface area (Å²) >= 11 is 1.68. The molecule has 0 aromatic carbocycles. The number of halogens is 1. The number of nitrogens with zero attached hydrogens (tertiary/aromatic N) is 4. The molecule has 0 saturated carbocycles. The van der Waals surface area contributed by atoms with Gasteiger partial charge in [-0.1, -0.05) is 6.92 Å². The van der Waals surface area contributed by atoms with Crippen LogP contribution in [0.3, 0.4) is 0 Å². The van der Waals surface area contributed by atoms with Crippen LogP contribution in [-0.2, 0) is 13.0 Å². The van der Waals surface area contributed by atoms with Crippen LogP contribution < -0.4 is 5.32 Å². The number of furan rings is 1. The molecule has 0 aliphatic carbocycles. The molecular formula is C18H26IN5O2S. The van der Waals surface area contributed by atoms with Gasteiger partial charge in [0.2, 0.25) is 0 Å². The van der Waals surface area contributed by atoms with Gasteiger partial charge in [-0.3, -0.25) is 4.79 Å². The van der Waals surface area contributed by atoms with Crippen LogP contribution in [0.15, 0.2) is 33.2 Å². The molecule has 9 heteroatoms. The van der Waals surface area contributed by atoms with Crippen LogP contribution in [0, 0.1) is 0 Å². The molecule has 0 atom stereocenters. The van der Waals surface area contributed by atoms with Crippen LogP contribution in [0.2, 0.25) is 0 Å². The number of carbonyl (C=O) groups excluding carboxylic acids is 1. The number of aromatic nitrogens is 1. The molecule has 3 heterocycles. The van der Waals surface area contributed by atoms with Crippen molar-refractivity contribution in [1.29, 1.82) is 0 Å². The Morgan fingerprint density at radius 1 is 1.30 bits per heavy atom. The highest BCUT2D eigenvalue weighted by atomic mass is 127. The van der Waals surface area contributed by atoms with Crippen molar-refractivity contribution in [3.05, 3.63) is 40.2 Å². The molecule has 0 spiro atoms. The summed E-state index contributed by atoms with van der Waals surface area (Å²) in [4.78, 5) is 25.7. The van der Waals surface area contributed by atoms with Crippen LogP contribution >= 0.6 is 35.3 Å². The van der Waals surface area contributed by atoms with Crippen molar-refractivity contribution in [2.45, 2.75) is 26.8 Å². The molecule has 1 amide bonds. The maximum absolute atomic E-state index is 12.4. The van der Waals surface area contributed by atoms with Gasteiger partial charge in [0.15, 0.2) is 11.7 Å². The van der Waals surface area contributed by atoms with Crippen molar-refractivity contribution in [2.75, 3.05) is 32.7 Å². The molecule has 2 aromatic rings. The molecule has 2 aromatic heterocycles. The van der Waals surface area contributed by atoms with E-state index in [1.807, 2.05) is 4.90 Å². The molecule has 7 nitrogen and oxygen atoms in total. The first-order valence-electron chi connectivity index (χ1n) is 9.00. The molecular weight excluding hydrogens is 477 g/mol. The third-order valence-corrected chi connectivity index (χ3v) is 5.27. The molecule has 3 rings (SSSR count). The van der Waals surface area contributed by atoms with Gasteiger partial charge in [-0.2, -0.15) is 0 Å². The molecule has 1 fully saturated rings. The summed E-state index contributed by atoms with van der Waals surface area (Å²) in [6.45, 7) is 8.35. The first kappa shape index (κ1) is 21.7. The van der Waals surface area contributed by atoms with E-state index in [2.05, 4.69) is 34.4 Å². The fourth-order valence-corrected chi connectivity index (χ4v) is 3.58. The maximum Gasteiger partial charge on any atom is 0.289 e. The Balaban J connectivity index is 0.00000261. The Morgan fingerprint density at radius 2 is 2.04 bits per heavy atom. The Hall–Kier alpha value is -1.62. The minimum absolute atomic E-state index is 0. The number of piperazine rings is 1. The van der Waals surface area contributed by atoms with E-state index in [0.29, 0.717) is 25.4 Å². The van der Waals surface area contributed by atoms with Gasteiger partial charge < -0.3 is 19.5 Å². The van der Waals surface area contributed by atoms with Crippen LogP contribution in [-0.4, -0.2) is 59.4 Å². The number of thiazole rings is 1. The number of hydrogen-bond donors (Lipinski definition) is 1. The van der Waals surface area contributed by atoms with Crippen LogP contribution in [0.5, 0.6) is 0 Å². The van der Waals surface area contributed by atoms with Crippen molar-refractivity contribution < 1.29 is 9.21 Å². The topological polar surface area (TPSA) is 74.0 Å². The lowest BCUT2D eigenvalue weighted by Crippen LogP contribution is -2.53. The third-order valence-electron chi connectivity index (χ3n) is 4.23. The summed E-state index contributed by atoms with van der Waals surface area (Å²) < 4.78 is 5.21. The van der Waals surface area contributed by atoms with E-state index in [0.717, 1.165) is 42.7 Å². The first-order chi connectivity index (χ1) is 12.7. The summed E-state index contributed by atoms with van der Waals surface area (Å²) in [5.74, 6) is 1.23. The highest BCUT2D eigenvalue weighted by Crippen LogP contribution is 2.12. The lowest BCUT2D eigenvalue weighted by atomic mass is 10.3. The fourth-order valence-electron chi connectivity index (χ4n) is 2.84. The predicted octanol–water partition coefficient (Wildman–Crippen LogP) is 2.84. The van der Waals surface area contributed by atoms with Gasteiger partial charge in [-0.15, -0.1) is 35.3 Å². The predicted molar refractivity (Wildman–Crippen MR) is 118 cm³/mol. The second-order valence-corrected chi connectivity index (χ2v) is 6.96. The standard InChI is InChI=1S/C18H25N5O2S.HI/c1-3-16-21-14(13-26-16)12-20-18(19-4-2)23-9-7-22(8-10-23)17(24)15-6-5-11-25-15;/h5-6,11,13H,3-4,7-10,12H2,1-2H3,(H,19,20);1H. The van der Waals surface area contributed by atoms with E-state index >= 15 is 0 Å². The van der Waals surface area contributed by atoms with Gasteiger partial charge >= 0.3 is 0 Å². The number of guanidine groups is 1. The lowest BCUT2D eigenvalue weighted by Gasteiger charge is -2.36. The van der Waals surface area contributed by atoms with Crippen molar-refractivity contribution in [2.24, 2.45) is 4.99 Å². The van der Waals surface area contributed by atoms with Crippen molar-refractivity contribution in [3.63, 3.8) is 0 Å². The molecule has 0 radical (unpaired) electrons. The number of aliphatic imine (C=N–C) groups is 1. The molecule has 1 saturated heterocycles. The highest BCUT2D eigenvalue weighted by molar-refractivity contribution is 14.0. The van der Waals surface area contributed by atoms with Gasteiger partial charge in [0, 0.05) is 38.1 Å². The summed E-state index contributed by atoms with van der Waals surface area (Å²) in [5.41, 5.74) is 1.01. The van der Waals surface area contributed by atoms with E-state index in [1.54, 1.807) is 23.5 Å². The van der Waals surface area contributed by atoms with E-state index in [9.17, 15) is 4.79 Å². The first-order valence-corrected chi connectivity index (χ1v) is 9.88. The van der Waals surface area contributed by atoms with Crippen molar-refractivity contribution in [1.82, 2.24) is 20.1 Å². The quantitative estimate of drug-likeness (QED) is 0.386. The smallest absolute Gasteiger partial charge is 0.289 e. The number of amides is 1. The summed E-state index contributed by atoms with van der Waals surface area (Å²) in [5, 5.41) is 6.56. The molecule has 1 aliphatic heterocycles. The van der Waals surface area contributed by atoms with Crippen LogP contribution in [0.4, 0.5) is 0 Å². The van der Waals surface area contributed by atoms with Gasteiger partial charge in [-0.25, -0.2) is 9.98 Å². The van der Waals surface area contributed by atoms with Gasteiger partial charge in [0.05, 0.1) is 23.5 Å². The normalized spacial score (nSPS) is 14.8.